The van der Waals surface area contributed by atoms with Crippen LogP contribution in [-0.2, 0) is 40.8 Å². The van der Waals surface area contributed by atoms with Crippen molar-refractivity contribution in [2.45, 2.75) is 94.5 Å². The third kappa shape index (κ3) is 8.06. The normalized spacial score (nSPS) is 33.3. The van der Waals surface area contributed by atoms with Gasteiger partial charge in [-0.1, -0.05) is 36.7 Å². The molecule has 288 valence electrons. The van der Waals surface area contributed by atoms with Crippen molar-refractivity contribution >= 4 is 39.0 Å². The number of hydrogen-bond donors (Lipinski definition) is 1. The smallest absolute Gasteiger partial charge is 0.286 e. The lowest BCUT2D eigenvalue weighted by Crippen LogP contribution is -2.49. The van der Waals surface area contributed by atoms with Crippen LogP contribution >= 0.6 is 11.6 Å². The summed E-state index contributed by atoms with van der Waals surface area (Å²) in [5, 5.41) is 0.0913. The van der Waals surface area contributed by atoms with Crippen molar-refractivity contribution in [1.29, 1.82) is 0 Å². The molecule has 7 unspecified atom stereocenters. The first kappa shape index (κ1) is 38.3. The van der Waals surface area contributed by atoms with Crippen LogP contribution in [0.5, 0.6) is 5.75 Å². The van der Waals surface area contributed by atoms with Crippen LogP contribution in [-0.4, -0.2) is 79.6 Å². The number of carbonyl (C=O) groups is 2. The molecule has 7 rings (SSSR count). The topological polar surface area (TPSA) is 116 Å². The molecular weight excluding hydrogens is 714 g/mol. The van der Waals surface area contributed by atoms with E-state index in [2.05, 4.69) is 38.3 Å². The predicted octanol–water partition coefficient (Wildman–Crippen LogP) is 7.06. The van der Waals surface area contributed by atoms with Gasteiger partial charge in [0, 0.05) is 49.4 Å². The van der Waals surface area contributed by atoms with Crippen molar-refractivity contribution in [2.75, 3.05) is 51.5 Å². The minimum Gasteiger partial charge on any atom is -0.490 e. The van der Waals surface area contributed by atoms with Gasteiger partial charge in [-0.05, 0) is 124 Å². The molecule has 2 aromatic rings. The third-order valence-electron chi connectivity index (χ3n) is 12.6. The first-order valence-electron chi connectivity index (χ1n) is 19.2. The minimum absolute atomic E-state index is 0.0660. The lowest BCUT2D eigenvalue weighted by atomic mass is 9.68. The maximum absolute atomic E-state index is 14.8. The summed E-state index contributed by atoms with van der Waals surface area (Å²) in [7, 11) is -1.82. The van der Waals surface area contributed by atoms with Crippen molar-refractivity contribution in [1.82, 2.24) is 4.72 Å². The van der Waals surface area contributed by atoms with E-state index in [0.717, 1.165) is 49.4 Å². The molecule has 2 amide bonds. The van der Waals surface area contributed by atoms with Gasteiger partial charge in [-0.15, -0.1) is 4.36 Å². The third-order valence-corrected chi connectivity index (χ3v) is 15.3. The Balaban J connectivity index is 1.26. The van der Waals surface area contributed by atoms with Gasteiger partial charge in [0.2, 0.25) is 0 Å². The number of benzene rings is 2. The lowest BCUT2D eigenvalue weighted by molar-refractivity contribution is -0.138. The molecule has 0 radical (unpaired) electrons. The summed E-state index contributed by atoms with van der Waals surface area (Å²) >= 11 is 6.47. The van der Waals surface area contributed by atoms with E-state index in [9.17, 15) is 13.8 Å². The standard InChI is InChI=1S/C41H54ClN3O7S/c1-27-7-5-9-36(49-4)33-13-10-31(33)23-45-25-41(16-6-8-29-21-32(42)12-14-34(29)41)26-51-37-15-11-30(22-35(37)45)39(47)44-53(48,28(27)2)43-38(46)24-52-40(3)17-19-50-20-18-40/h5,9,11-12,14-15,21-22,27-28,31,33,36H,6-8,10,13,16-20,23-26H2,1-4H3,(H,43,44,46,47,48)/b9-5+. The van der Waals surface area contributed by atoms with Gasteiger partial charge in [0.05, 0.1) is 29.2 Å². The zero-order chi connectivity index (χ0) is 37.4. The van der Waals surface area contributed by atoms with Crippen LogP contribution in [0.25, 0.3) is 0 Å². The molecule has 12 heteroatoms. The van der Waals surface area contributed by atoms with E-state index in [1.165, 1.54) is 11.1 Å². The number of fused-ring (bicyclic) bond motifs is 4. The van der Waals surface area contributed by atoms with E-state index in [-0.39, 0.29) is 24.0 Å². The fourth-order valence-electron chi connectivity index (χ4n) is 8.87. The Bertz CT molecular complexity index is 1850. The lowest BCUT2D eigenvalue weighted by Gasteiger charge is -2.46. The molecule has 1 spiro atoms. The number of amides is 2. The summed E-state index contributed by atoms with van der Waals surface area (Å²) in [6.07, 6.45) is 11.2. The molecule has 3 heterocycles. The molecule has 10 nitrogen and oxygen atoms in total. The number of rotatable bonds is 5. The van der Waals surface area contributed by atoms with Gasteiger partial charge in [0.25, 0.3) is 11.8 Å². The Morgan fingerprint density at radius 3 is 2.70 bits per heavy atom. The molecule has 1 N–H and O–H groups in total. The number of methoxy groups -OCH3 is 1. The second kappa shape index (κ2) is 15.6. The Hall–Kier alpha value is -2.96. The van der Waals surface area contributed by atoms with Crippen LogP contribution in [0.15, 0.2) is 52.9 Å². The summed E-state index contributed by atoms with van der Waals surface area (Å²) < 4.78 is 46.1. The Morgan fingerprint density at radius 2 is 1.94 bits per heavy atom. The van der Waals surface area contributed by atoms with E-state index < -0.39 is 32.6 Å². The minimum atomic E-state index is -3.59. The monoisotopic (exact) mass is 767 g/mol. The summed E-state index contributed by atoms with van der Waals surface area (Å²) in [4.78, 5) is 29.9. The van der Waals surface area contributed by atoms with Gasteiger partial charge in [-0.3, -0.25) is 14.3 Å². The number of nitrogens with one attached hydrogen (secondary N) is 1. The number of allylic oxidation sites excluding steroid dienone is 1. The highest BCUT2D eigenvalue weighted by Gasteiger charge is 2.44. The van der Waals surface area contributed by atoms with Crippen LogP contribution in [0.3, 0.4) is 0 Å². The maximum atomic E-state index is 14.8. The highest BCUT2D eigenvalue weighted by molar-refractivity contribution is 7.93. The van der Waals surface area contributed by atoms with Crippen LogP contribution < -0.4 is 14.4 Å². The molecular formula is C41H54ClN3O7S. The van der Waals surface area contributed by atoms with E-state index in [1.54, 1.807) is 20.1 Å². The molecule has 0 aromatic heterocycles. The predicted molar refractivity (Wildman–Crippen MR) is 207 cm³/mol. The largest absolute Gasteiger partial charge is 0.490 e. The summed E-state index contributed by atoms with van der Waals surface area (Å²) in [6.45, 7) is 8.53. The number of anilines is 1. The molecule has 1 saturated heterocycles. The van der Waals surface area contributed by atoms with Crippen molar-refractivity contribution in [3.05, 3.63) is 70.3 Å². The van der Waals surface area contributed by atoms with E-state index >= 15 is 0 Å². The van der Waals surface area contributed by atoms with Crippen molar-refractivity contribution in [3.63, 3.8) is 0 Å². The van der Waals surface area contributed by atoms with Crippen LogP contribution in [0.1, 0.15) is 87.2 Å². The summed E-state index contributed by atoms with van der Waals surface area (Å²) in [6, 6.07) is 11.6. The quantitative estimate of drug-likeness (QED) is 0.322. The Labute approximate surface area is 319 Å². The summed E-state index contributed by atoms with van der Waals surface area (Å²) in [5.41, 5.74) is 2.87. The van der Waals surface area contributed by atoms with E-state index in [0.29, 0.717) is 68.8 Å². The number of hydrogen-bond acceptors (Lipinski definition) is 8. The number of ether oxygens (including phenoxy) is 4. The number of carbonyl (C=O) groups excluding carboxylic acids is 2. The van der Waals surface area contributed by atoms with E-state index in [1.807, 2.05) is 32.0 Å². The first-order valence-corrected chi connectivity index (χ1v) is 21.2. The fourth-order valence-corrected chi connectivity index (χ4v) is 10.9. The van der Waals surface area contributed by atoms with E-state index in [4.69, 9.17) is 30.5 Å². The average Bonchev–Trinajstić information content (AvgIpc) is 3.28. The van der Waals surface area contributed by atoms with Crippen molar-refractivity contribution in [3.8, 4) is 5.75 Å². The highest BCUT2D eigenvalue weighted by Crippen LogP contribution is 2.47. The first-order chi connectivity index (χ1) is 25.4. The molecule has 5 aliphatic rings. The Kier molecular flexibility index (Phi) is 11.3. The van der Waals surface area contributed by atoms with Crippen LogP contribution in [0, 0.1) is 17.8 Å². The maximum Gasteiger partial charge on any atom is 0.286 e. The van der Waals surface area contributed by atoms with Gasteiger partial charge in [0.1, 0.15) is 22.3 Å². The van der Waals surface area contributed by atoms with Crippen LogP contribution in [0.4, 0.5) is 5.69 Å². The average molecular weight is 768 g/mol. The molecule has 2 bridgehead atoms. The molecule has 53 heavy (non-hydrogen) atoms. The van der Waals surface area contributed by atoms with Crippen molar-refractivity contribution < 1.29 is 32.7 Å². The molecule has 2 fully saturated rings. The molecule has 3 aliphatic heterocycles. The van der Waals surface area contributed by atoms with Crippen LogP contribution in [0.2, 0.25) is 5.02 Å². The SMILES string of the molecule is COC1/C=C/CC(C)C(C)S(=O)(NC(=O)COC2(C)CCOCC2)=NC(=O)c2ccc3c(c2)N(CC2CCC21)CC1(CCCc2cc(Cl)ccc21)CO3. The zero-order valence-electron chi connectivity index (χ0n) is 31.4. The van der Waals surface area contributed by atoms with Gasteiger partial charge < -0.3 is 23.8 Å². The zero-order valence-corrected chi connectivity index (χ0v) is 33.0. The molecule has 1 saturated carbocycles. The second-order valence-electron chi connectivity index (χ2n) is 16.2. The number of halogens is 1. The van der Waals surface area contributed by atoms with Gasteiger partial charge in [0.15, 0.2) is 0 Å². The van der Waals surface area contributed by atoms with Gasteiger partial charge in [-0.2, -0.15) is 0 Å². The van der Waals surface area contributed by atoms with Crippen molar-refractivity contribution in [2.24, 2.45) is 22.1 Å². The highest BCUT2D eigenvalue weighted by atomic mass is 35.5. The Morgan fingerprint density at radius 1 is 1.13 bits per heavy atom. The second-order valence-corrected chi connectivity index (χ2v) is 18.9. The fraction of sp³-hybridized carbons (Fsp3) is 0.610. The van der Waals surface area contributed by atoms with Gasteiger partial charge in [-0.25, -0.2) is 4.21 Å². The molecule has 2 aromatic carbocycles. The molecule has 2 aliphatic carbocycles. The number of aryl methyl sites for hydroxylation is 1. The number of nitrogens with zero attached hydrogens (tertiary/aromatic N) is 2. The summed E-state index contributed by atoms with van der Waals surface area (Å²) in [5.74, 6) is 0.0313. The molecule has 7 atom stereocenters. The van der Waals surface area contributed by atoms with Gasteiger partial charge >= 0.3 is 0 Å².